The molecule has 2 aromatic carbocycles. The van der Waals surface area contributed by atoms with E-state index in [0.717, 1.165) is 22.5 Å². The van der Waals surface area contributed by atoms with E-state index < -0.39 is 0 Å². The lowest BCUT2D eigenvalue weighted by Crippen LogP contribution is -2.13. The molecule has 0 aliphatic carbocycles. The lowest BCUT2D eigenvalue weighted by Gasteiger charge is -2.10. The lowest BCUT2D eigenvalue weighted by atomic mass is 10.1. The predicted octanol–water partition coefficient (Wildman–Crippen LogP) is 5.42. The molecule has 0 radical (unpaired) electrons. The largest absolute Gasteiger partial charge is 0.319 e. The summed E-state index contributed by atoms with van der Waals surface area (Å²) in [7, 11) is 0. The highest BCUT2D eigenvalue weighted by atomic mass is 35.5. The minimum absolute atomic E-state index is 0.157. The van der Waals surface area contributed by atoms with E-state index in [0.29, 0.717) is 27.8 Å². The van der Waals surface area contributed by atoms with Crippen molar-refractivity contribution in [2.45, 2.75) is 27.3 Å². The lowest BCUT2D eigenvalue weighted by molar-refractivity contribution is 0.102. The second-order valence-corrected chi connectivity index (χ2v) is 7.04. The Bertz CT molecular complexity index is 959. The zero-order valence-electron chi connectivity index (χ0n) is 14.8. The minimum Gasteiger partial charge on any atom is -0.319 e. The van der Waals surface area contributed by atoms with Crippen LogP contribution in [-0.4, -0.2) is 15.7 Å². The third kappa shape index (κ3) is 3.76. The molecule has 134 valence electrons. The Morgan fingerprint density at radius 2 is 1.73 bits per heavy atom. The summed E-state index contributed by atoms with van der Waals surface area (Å²) in [6, 6.07) is 12.9. The van der Waals surface area contributed by atoms with E-state index in [1.54, 1.807) is 22.9 Å². The van der Waals surface area contributed by atoms with Crippen LogP contribution in [0.1, 0.15) is 32.9 Å². The number of nitrogens with zero attached hydrogens (tertiary/aromatic N) is 2. The van der Waals surface area contributed by atoms with Crippen molar-refractivity contribution < 1.29 is 4.79 Å². The maximum atomic E-state index is 12.6. The maximum absolute atomic E-state index is 12.6. The summed E-state index contributed by atoms with van der Waals surface area (Å²) in [4.78, 5) is 12.6. The summed E-state index contributed by atoms with van der Waals surface area (Å²) < 4.78 is 1.80. The van der Waals surface area contributed by atoms with Crippen molar-refractivity contribution in [2.24, 2.45) is 0 Å². The first kappa shape index (κ1) is 18.5. The number of carbonyl (C=O) groups is 1. The average Bonchev–Trinajstić information content (AvgIpc) is 2.85. The molecule has 3 aromatic rings. The van der Waals surface area contributed by atoms with Crippen LogP contribution in [0.25, 0.3) is 0 Å². The van der Waals surface area contributed by atoms with Crippen LogP contribution in [0.3, 0.4) is 0 Å². The molecule has 0 aliphatic rings. The molecular formula is C20H19Cl2N3O. The van der Waals surface area contributed by atoms with Crippen LogP contribution in [0.5, 0.6) is 0 Å². The molecule has 0 aliphatic heterocycles. The van der Waals surface area contributed by atoms with Gasteiger partial charge in [-0.05, 0) is 45.0 Å². The molecule has 0 fully saturated rings. The molecule has 1 aromatic heterocycles. The van der Waals surface area contributed by atoms with Crippen LogP contribution in [0.15, 0.2) is 42.5 Å². The van der Waals surface area contributed by atoms with Crippen LogP contribution >= 0.6 is 23.2 Å². The first-order valence-electron chi connectivity index (χ1n) is 8.21. The van der Waals surface area contributed by atoms with Gasteiger partial charge < -0.3 is 5.32 Å². The Labute approximate surface area is 162 Å². The molecule has 3 rings (SSSR count). The molecule has 4 nitrogen and oxygen atoms in total. The second kappa shape index (κ2) is 7.52. The first-order chi connectivity index (χ1) is 12.4. The summed E-state index contributed by atoms with van der Waals surface area (Å²) in [6.07, 6.45) is 0. The molecule has 0 spiro atoms. The van der Waals surface area contributed by atoms with E-state index in [1.807, 2.05) is 45.0 Å². The fourth-order valence-electron chi connectivity index (χ4n) is 2.84. The summed E-state index contributed by atoms with van der Waals surface area (Å²) in [6.45, 7) is 6.17. The smallest absolute Gasteiger partial charge is 0.255 e. The summed E-state index contributed by atoms with van der Waals surface area (Å²) in [5.74, 6) is -0.157. The number of amides is 1. The third-order valence-corrected chi connectivity index (χ3v) is 4.98. The number of benzene rings is 2. The van der Waals surface area contributed by atoms with Crippen molar-refractivity contribution in [1.82, 2.24) is 9.78 Å². The van der Waals surface area contributed by atoms with Gasteiger partial charge in [0.15, 0.2) is 0 Å². The van der Waals surface area contributed by atoms with Gasteiger partial charge in [0.1, 0.15) is 0 Å². The molecule has 1 heterocycles. The standard InChI is InChI=1S/C20H19Cl2N3O/c1-12-6-4-7-15(10-12)20(26)23-19-13(2)24-25(14(19)3)11-16-17(21)8-5-9-18(16)22/h4-10H,11H2,1-3H3,(H,23,26). The highest BCUT2D eigenvalue weighted by Crippen LogP contribution is 2.27. The monoisotopic (exact) mass is 387 g/mol. The van der Waals surface area contributed by atoms with Gasteiger partial charge in [-0.3, -0.25) is 9.48 Å². The zero-order valence-corrected chi connectivity index (χ0v) is 16.3. The highest BCUT2D eigenvalue weighted by Gasteiger charge is 2.17. The number of hydrogen-bond acceptors (Lipinski definition) is 2. The summed E-state index contributed by atoms with van der Waals surface area (Å²) in [5, 5.41) is 8.69. The first-order valence-corrected chi connectivity index (χ1v) is 8.97. The Balaban J connectivity index is 1.88. The van der Waals surface area contributed by atoms with Crippen LogP contribution in [0, 0.1) is 20.8 Å². The molecule has 0 bridgehead atoms. The quantitative estimate of drug-likeness (QED) is 0.649. The number of nitrogens with one attached hydrogen (secondary N) is 1. The Kier molecular flexibility index (Phi) is 5.35. The molecule has 26 heavy (non-hydrogen) atoms. The van der Waals surface area contributed by atoms with Gasteiger partial charge in [0.05, 0.1) is 23.6 Å². The predicted molar refractivity (Wildman–Crippen MR) is 106 cm³/mol. The Morgan fingerprint density at radius 3 is 2.38 bits per heavy atom. The van der Waals surface area contributed by atoms with Gasteiger partial charge in [-0.15, -0.1) is 0 Å². The Hall–Kier alpha value is -2.30. The van der Waals surface area contributed by atoms with E-state index in [4.69, 9.17) is 23.2 Å². The van der Waals surface area contributed by atoms with Crippen LogP contribution in [-0.2, 0) is 6.54 Å². The van der Waals surface area contributed by atoms with E-state index >= 15 is 0 Å². The number of halogens is 2. The van der Waals surface area contributed by atoms with E-state index in [-0.39, 0.29) is 5.91 Å². The molecule has 6 heteroatoms. The molecule has 1 N–H and O–H groups in total. The number of aromatic nitrogens is 2. The van der Waals surface area contributed by atoms with Crippen molar-refractivity contribution >= 4 is 34.8 Å². The summed E-state index contributed by atoms with van der Waals surface area (Å²) in [5.41, 5.74) is 4.75. The van der Waals surface area contributed by atoms with Crippen LogP contribution < -0.4 is 5.32 Å². The van der Waals surface area contributed by atoms with Gasteiger partial charge in [-0.25, -0.2) is 0 Å². The molecule has 0 atom stereocenters. The fourth-order valence-corrected chi connectivity index (χ4v) is 3.35. The number of anilines is 1. The van der Waals surface area contributed by atoms with E-state index in [2.05, 4.69) is 10.4 Å². The normalized spacial score (nSPS) is 10.8. The SMILES string of the molecule is Cc1cccc(C(=O)Nc2c(C)nn(Cc3c(Cl)cccc3Cl)c2C)c1. The van der Waals surface area contributed by atoms with Gasteiger partial charge in [0.25, 0.3) is 5.91 Å². The highest BCUT2D eigenvalue weighted by molar-refractivity contribution is 6.35. The number of rotatable bonds is 4. The number of carbonyl (C=O) groups excluding carboxylic acids is 1. The van der Waals surface area contributed by atoms with E-state index in [1.165, 1.54) is 0 Å². The van der Waals surface area contributed by atoms with Gasteiger partial charge in [-0.2, -0.15) is 5.10 Å². The number of hydrogen-bond donors (Lipinski definition) is 1. The van der Waals surface area contributed by atoms with Gasteiger partial charge >= 0.3 is 0 Å². The fraction of sp³-hybridized carbons (Fsp3) is 0.200. The topological polar surface area (TPSA) is 46.9 Å². The van der Waals surface area contributed by atoms with Gasteiger partial charge in [0.2, 0.25) is 0 Å². The average molecular weight is 388 g/mol. The van der Waals surface area contributed by atoms with Crippen molar-refractivity contribution in [3.05, 3.63) is 80.6 Å². The number of aryl methyl sites for hydroxylation is 2. The molecule has 0 saturated carbocycles. The maximum Gasteiger partial charge on any atom is 0.255 e. The van der Waals surface area contributed by atoms with E-state index in [9.17, 15) is 4.79 Å². The van der Waals surface area contributed by atoms with Gasteiger partial charge in [-0.1, -0.05) is 47.0 Å². The van der Waals surface area contributed by atoms with Crippen molar-refractivity contribution in [1.29, 1.82) is 0 Å². The third-order valence-electron chi connectivity index (χ3n) is 4.27. The van der Waals surface area contributed by atoms with Crippen molar-refractivity contribution in [2.75, 3.05) is 5.32 Å². The van der Waals surface area contributed by atoms with Crippen LogP contribution in [0.2, 0.25) is 10.0 Å². The van der Waals surface area contributed by atoms with Crippen LogP contribution in [0.4, 0.5) is 5.69 Å². The molecular weight excluding hydrogens is 369 g/mol. The molecule has 0 unspecified atom stereocenters. The minimum atomic E-state index is -0.157. The Morgan fingerprint density at radius 1 is 1.08 bits per heavy atom. The zero-order chi connectivity index (χ0) is 18.8. The summed E-state index contributed by atoms with van der Waals surface area (Å²) >= 11 is 12.5. The molecule has 0 saturated heterocycles. The second-order valence-electron chi connectivity index (χ2n) is 6.23. The molecule has 1 amide bonds. The van der Waals surface area contributed by atoms with Crippen molar-refractivity contribution in [3.8, 4) is 0 Å². The van der Waals surface area contributed by atoms with Gasteiger partial charge in [0, 0.05) is 21.2 Å². The van der Waals surface area contributed by atoms with Crippen molar-refractivity contribution in [3.63, 3.8) is 0 Å².